The van der Waals surface area contributed by atoms with Gasteiger partial charge < -0.3 is 15.0 Å². The Morgan fingerprint density at radius 1 is 1.35 bits per heavy atom. The number of hydrogen-bond acceptors (Lipinski definition) is 2. The maximum atomic E-state index is 12.2. The van der Waals surface area contributed by atoms with Crippen LogP contribution in [0.4, 0.5) is 0 Å². The van der Waals surface area contributed by atoms with E-state index in [1.54, 1.807) is 13.1 Å². The Morgan fingerprint density at radius 2 is 2.10 bits per heavy atom. The summed E-state index contributed by atoms with van der Waals surface area (Å²) < 4.78 is 0.945. The number of nitrogens with zero attached hydrogens (tertiary/aromatic N) is 1. The van der Waals surface area contributed by atoms with Gasteiger partial charge in [0.15, 0.2) is 0 Å². The van der Waals surface area contributed by atoms with Gasteiger partial charge in [0, 0.05) is 35.4 Å². The second-order valence-corrected chi connectivity index (χ2v) is 5.55. The number of benzene rings is 1. The molecule has 5 nitrogen and oxygen atoms in total. The Morgan fingerprint density at radius 3 is 2.80 bits per heavy atom. The van der Waals surface area contributed by atoms with Gasteiger partial charge in [-0.1, -0.05) is 22.0 Å². The van der Waals surface area contributed by atoms with Gasteiger partial charge in [0.25, 0.3) is 5.91 Å². The van der Waals surface area contributed by atoms with Crippen LogP contribution < -0.4 is 0 Å². The second-order valence-electron chi connectivity index (χ2n) is 4.64. The van der Waals surface area contributed by atoms with Crippen LogP contribution in [-0.4, -0.2) is 40.5 Å². The third kappa shape index (κ3) is 3.39. The largest absolute Gasteiger partial charge is 0.481 e. The topological polar surface area (TPSA) is 73.4 Å². The molecule has 20 heavy (non-hydrogen) atoms. The molecule has 2 rings (SSSR count). The highest BCUT2D eigenvalue weighted by atomic mass is 79.9. The van der Waals surface area contributed by atoms with Gasteiger partial charge in [-0.05, 0) is 24.6 Å². The van der Waals surface area contributed by atoms with Gasteiger partial charge in [0.2, 0.25) is 0 Å². The molecule has 0 aliphatic heterocycles. The Balaban J connectivity index is 2.08. The minimum absolute atomic E-state index is 0.0667. The summed E-state index contributed by atoms with van der Waals surface area (Å²) in [5.74, 6) is -0.982. The summed E-state index contributed by atoms with van der Waals surface area (Å²) in [6.45, 7) is 0.421. The molecular formula is C14H15BrN2O3. The molecule has 0 spiro atoms. The molecule has 0 unspecified atom stereocenters. The zero-order chi connectivity index (χ0) is 14.7. The van der Waals surface area contributed by atoms with Crippen molar-refractivity contribution in [3.8, 4) is 0 Å². The first kappa shape index (κ1) is 14.6. The lowest BCUT2D eigenvalue weighted by Gasteiger charge is -2.15. The van der Waals surface area contributed by atoms with E-state index in [0.29, 0.717) is 18.7 Å². The zero-order valence-electron chi connectivity index (χ0n) is 11.0. The van der Waals surface area contributed by atoms with E-state index in [-0.39, 0.29) is 12.3 Å². The summed E-state index contributed by atoms with van der Waals surface area (Å²) in [6.07, 6.45) is 0.515. The Labute approximate surface area is 124 Å². The van der Waals surface area contributed by atoms with Gasteiger partial charge >= 0.3 is 5.97 Å². The Bertz CT molecular complexity index is 651. The highest BCUT2D eigenvalue weighted by Crippen LogP contribution is 2.20. The van der Waals surface area contributed by atoms with Crippen molar-refractivity contribution in [2.75, 3.05) is 13.6 Å². The number of aromatic amines is 1. The molecule has 1 aromatic heterocycles. The van der Waals surface area contributed by atoms with E-state index in [4.69, 9.17) is 5.11 Å². The van der Waals surface area contributed by atoms with E-state index in [9.17, 15) is 9.59 Å². The number of halogens is 1. The zero-order valence-corrected chi connectivity index (χ0v) is 12.6. The molecule has 6 heteroatoms. The van der Waals surface area contributed by atoms with Crippen LogP contribution in [0.15, 0.2) is 28.7 Å². The molecule has 1 heterocycles. The normalized spacial score (nSPS) is 10.7. The van der Waals surface area contributed by atoms with E-state index < -0.39 is 5.97 Å². The number of nitrogens with one attached hydrogen (secondary N) is 1. The van der Waals surface area contributed by atoms with Gasteiger partial charge in [0.05, 0.1) is 0 Å². The predicted molar refractivity (Wildman–Crippen MR) is 79.8 cm³/mol. The average Bonchev–Trinajstić information content (AvgIpc) is 2.80. The molecule has 0 aliphatic rings. The van der Waals surface area contributed by atoms with Crippen molar-refractivity contribution in [1.82, 2.24) is 9.88 Å². The molecule has 0 radical (unpaired) electrons. The van der Waals surface area contributed by atoms with E-state index in [2.05, 4.69) is 20.9 Å². The lowest BCUT2D eigenvalue weighted by Crippen LogP contribution is -2.28. The van der Waals surface area contributed by atoms with Crippen molar-refractivity contribution in [1.29, 1.82) is 0 Å². The minimum atomic E-state index is -0.846. The number of carboxylic acids is 1. The minimum Gasteiger partial charge on any atom is -0.481 e. The van der Waals surface area contributed by atoms with Crippen molar-refractivity contribution in [3.63, 3.8) is 0 Å². The maximum absolute atomic E-state index is 12.2. The van der Waals surface area contributed by atoms with Crippen LogP contribution in [0.1, 0.15) is 23.3 Å². The van der Waals surface area contributed by atoms with Crippen LogP contribution >= 0.6 is 15.9 Å². The molecule has 0 saturated carbocycles. The Hall–Kier alpha value is -1.82. The number of carboxylic acid groups (broad SMARTS) is 1. The van der Waals surface area contributed by atoms with Crippen molar-refractivity contribution >= 4 is 38.7 Å². The fourth-order valence-corrected chi connectivity index (χ4v) is 2.35. The number of rotatable bonds is 5. The first-order valence-electron chi connectivity index (χ1n) is 6.23. The highest BCUT2D eigenvalue weighted by Gasteiger charge is 2.14. The Kier molecular flexibility index (Phi) is 4.44. The molecule has 1 aromatic carbocycles. The molecule has 2 N–H and O–H groups in total. The molecule has 0 saturated heterocycles. The van der Waals surface area contributed by atoms with E-state index in [1.165, 1.54) is 4.90 Å². The number of aromatic nitrogens is 1. The van der Waals surface area contributed by atoms with Crippen LogP contribution in [0, 0.1) is 0 Å². The summed E-state index contributed by atoms with van der Waals surface area (Å²) in [5, 5.41) is 9.56. The lowest BCUT2D eigenvalue weighted by molar-refractivity contribution is -0.137. The van der Waals surface area contributed by atoms with Crippen molar-refractivity contribution in [2.24, 2.45) is 0 Å². The summed E-state index contributed by atoms with van der Waals surface area (Å²) in [7, 11) is 1.67. The first-order valence-corrected chi connectivity index (χ1v) is 7.02. The smallest absolute Gasteiger partial charge is 0.303 e. The van der Waals surface area contributed by atoms with Crippen LogP contribution in [0.3, 0.4) is 0 Å². The molecule has 106 valence electrons. The molecule has 2 aromatic rings. The fourth-order valence-electron chi connectivity index (χ4n) is 1.99. The summed E-state index contributed by atoms with van der Waals surface area (Å²) in [4.78, 5) is 27.3. The van der Waals surface area contributed by atoms with Gasteiger partial charge in [-0.15, -0.1) is 0 Å². The number of carbonyl (C=O) groups excluding carboxylic acids is 1. The monoisotopic (exact) mass is 338 g/mol. The van der Waals surface area contributed by atoms with Crippen LogP contribution in [0.5, 0.6) is 0 Å². The number of carbonyl (C=O) groups is 2. The van der Waals surface area contributed by atoms with Gasteiger partial charge in [-0.3, -0.25) is 9.59 Å². The van der Waals surface area contributed by atoms with E-state index >= 15 is 0 Å². The van der Waals surface area contributed by atoms with E-state index in [0.717, 1.165) is 15.4 Å². The van der Waals surface area contributed by atoms with Gasteiger partial charge in [-0.25, -0.2) is 0 Å². The molecule has 0 aliphatic carbocycles. The molecular weight excluding hydrogens is 324 g/mol. The lowest BCUT2D eigenvalue weighted by atomic mass is 10.2. The third-order valence-electron chi connectivity index (χ3n) is 3.05. The van der Waals surface area contributed by atoms with Crippen LogP contribution in [-0.2, 0) is 4.79 Å². The number of fused-ring (bicyclic) bond motifs is 1. The fraction of sp³-hybridized carbons (Fsp3) is 0.286. The second kappa shape index (κ2) is 6.09. The summed E-state index contributed by atoms with van der Waals surface area (Å²) >= 11 is 3.38. The predicted octanol–water partition coefficient (Wildman–Crippen LogP) is 2.87. The number of hydrogen-bond donors (Lipinski definition) is 2. The highest BCUT2D eigenvalue weighted by molar-refractivity contribution is 9.10. The third-order valence-corrected chi connectivity index (χ3v) is 3.54. The number of amides is 1. The standard InChI is InChI=1S/C14H15BrN2O3/c1-17(6-2-3-13(18)19)14(20)12-7-9-4-5-10(15)8-11(9)16-12/h4-5,7-8,16H,2-3,6H2,1H3,(H,18,19). The summed E-state index contributed by atoms with van der Waals surface area (Å²) in [5.41, 5.74) is 1.40. The van der Waals surface area contributed by atoms with E-state index in [1.807, 2.05) is 18.2 Å². The number of H-pyrrole nitrogens is 1. The quantitative estimate of drug-likeness (QED) is 0.880. The molecule has 0 fully saturated rings. The number of aliphatic carboxylic acids is 1. The van der Waals surface area contributed by atoms with Crippen molar-refractivity contribution < 1.29 is 14.7 Å². The average molecular weight is 339 g/mol. The summed E-state index contributed by atoms with van der Waals surface area (Å²) in [6, 6.07) is 7.56. The van der Waals surface area contributed by atoms with Crippen LogP contribution in [0.25, 0.3) is 10.9 Å². The first-order chi connectivity index (χ1) is 9.47. The SMILES string of the molecule is CN(CCCC(=O)O)C(=O)c1cc2ccc(Br)cc2[nH]1. The molecule has 0 atom stereocenters. The van der Waals surface area contributed by atoms with Crippen molar-refractivity contribution in [2.45, 2.75) is 12.8 Å². The van der Waals surface area contributed by atoms with Crippen molar-refractivity contribution in [3.05, 3.63) is 34.4 Å². The van der Waals surface area contributed by atoms with Crippen LogP contribution in [0.2, 0.25) is 0 Å². The molecule has 1 amide bonds. The maximum Gasteiger partial charge on any atom is 0.303 e. The van der Waals surface area contributed by atoms with Gasteiger partial charge in [0.1, 0.15) is 5.69 Å². The van der Waals surface area contributed by atoms with Gasteiger partial charge in [-0.2, -0.15) is 0 Å². The molecule has 0 bridgehead atoms.